The largest absolute Gasteiger partial charge is 0.466 e. The van der Waals surface area contributed by atoms with Crippen LogP contribution in [-0.2, 0) is 9.53 Å². The van der Waals surface area contributed by atoms with Gasteiger partial charge in [0.2, 0.25) is 0 Å². The van der Waals surface area contributed by atoms with Gasteiger partial charge >= 0.3 is 5.97 Å². The highest BCUT2D eigenvalue weighted by molar-refractivity contribution is 5.81. The van der Waals surface area contributed by atoms with Crippen LogP contribution in [0.4, 0.5) is 0 Å². The van der Waals surface area contributed by atoms with E-state index in [0.717, 1.165) is 0 Å². The summed E-state index contributed by atoms with van der Waals surface area (Å²) in [4.78, 5) is 10.6. The first-order valence-corrected chi connectivity index (χ1v) is 3.82. The maximum absolute atomic E-state index is 10.6. The molecule has 0 radical (unpaired) electrons. The van der Waals surface area contributed by atoms with Gasteiger partial charge in [-0.1, -0.05) is 0 Å². The molecule has 0 atom stereocenters. The summed E-state index contributed by atoms with van der Waals surface area (Å²) in [6.45, 7) is 1.17. The molecule has 0 bridgehead atoms. The van der Waals surface area contributed by atoms with Crippen LogP contribution in [0.25, 0.3) is 0 Å². The zero-order valence-electron chi connectivity index (χ0n) is 7.78. The molecule has 13 heavy (non-hydrogen) atoms. The van der Waals surface area contributed by atoms with Gasteiger partial charge in [0.15, 0.2) is 0 Å². The van der Waals surface area contributed by atoms with E-state index < -0.39 is 11.5 Å². The van der Waals surface area contributed by atoms with Crippen LogP contribution in [0.15, 0.2) is 12.3 Å². The number of carbonyl (C=O) groups is 1. The minimum atomic E-state index is -0.815. The number of hydrogen-bond acceptors (Lipinski definition) is 5. The molecule has 76 valence electrons. The maximum Gasteiger partial charge on any atom is 0.331 e. The standard InChI is InChI=1S/C8H15NO4/c1-8(5-10,6-11)9-4-3-7(12)13-2/h3-4,9-11H,5-6H2,1-2H3/b4-3+. The number of rotatable bonds is 5. The fraction of sp³-hybridized carbons (Fsp3) is 0.625. The summed E-state index contributed by atoms with van der Waals surface area (Å²) in [7, 11) is 1.27. The van der Waals surface area contributed by atoms with E-state index in [0.29, 0.717) is 0 Å². The molecule has 0 aromatic carbocycles. The molecule has 0 unspecified atom stereocenters. The first-order chi connectivity index (χ1) is 6.08. The van der Waals surface area contributed by atoms with Crippen molar-refractivity contribution in [3.63, 3.8) is 0 Å². The van der Waals surface area contributed by atoms with Gasteiger partial charge in [-0.15, -0.1) is 0 Å². The third-order valence-electron chi connectivity index (χ3n) is 1.55. The van der Waals surface area contributed by atoms with Crippen molar-refractivity contribution in [2.45, 2.75) is 12.5 Å². The second-order valence-corrected chi connectivity index (χ2v) is 2.88. The predicted molar refractivity (Wildman–Crippen MR) is 46.9 cm³/mol. The molecular weight excluding hydrogens is 174 g/mol. The number of esters is 1. The molecule has 0 saturated carbocycles. The van der Waals surface area contributed by atoms with Gasteiger partial charge < -0.3 is 20.3 Å². The fourth-order valence-corrected chi connectivity index (χ4v) is 0.520. The van der Waals surface area contributed by atoms with Crippen molar-refractivity contribution in [3.8, 4) is 0 Å². The average Bonchev–Trinajstić information content (AvgIpc) is 2.17. The van der Waals surface area contributed by atoms with E-state index in [9.17, 15) is 4.79 Å². The van der Waals surface area contributed by atoms with Crippen LogP contribution in [0.2, 0.25) is 0 Å². The number of nitrogens with one attached hydrogen (secondary N) is 1. The third-order valence-corrected chi connectivity index (χ3v) is 1.55. The molecule has 0 rings (SSSR count). The van der Waals surface area contributed by atoms with Crippen LogP contribution in [0, 0.1) is 0 Å². The first kappa shape index (κ1) is 11.9. The van der Waals surface area contributed by atoms with E-state index in [-0.39, 0.29) is 13.2 Å². The van der Waals surface area contributed by atoms with Crippen molar-refractivity contribution in [2.75, 3.05) is 20.3 Å². The van der Waals surface area contributed by atoms with E-state index in [4.69, 9.17) is 10.2 Å². The zero-order chi connectivity index (χ0) is 10.3. The SMILES string of the molecule is COC(=O)/C=C/NC(C)(CO)CO. The van der Waals surface area contributed by atoms with E-state index in [1.54, 1.807) is 6.92 Å². The van der Waals surface area contributed by atoms with Gasteiger partial charge in [0.1, 0.15) is 0 Å². The number of hydrogen-bond donors (Lipinski definition) is 3. The van der Waals surface area contributed by atoms with Gasteiger partial charge in [-0.05, 0) is 6.92 Å². The third kappa shape index (κ3) is 4.49. The van der Waals surface area contributed by atoms with Crippen molar-refractivity contribution in [3.05, 3.63) is 12.3 Å². The average molecular weight is 189 g/mol. The summed E-state index contributed by atoms with van der Waals surface area (Å²) in [6, 6.07) is 0. The second-order valence-electron chi connectivity index (χ2n) is 2.88. The lowest BCUT2D eigenvalue weighted by molar-refractivity contribution is -0.134. The molecular formula is C8H15NO4. The van der Waals surface area contributed by atoms with Crippen molar-refractivity contribution in [2.24, 2.45) is 0 Å². The monoisotopic (exact) mass is 189 g/mol. The molecule has 3 N–H and O–H groups in total. The smallest absolute Gasteiger partial charge is 0.331 e. The number of aliphatic hydroxyl groups is 2. The Morgan fingerprint density at radius 2 is 2.08 bits per heavy atom. The van der Waals surface area contributed by atoms with Crippen LogP contribution < -0.4 is 5.32 Å². The van der Waals surface area contributed by atoms with E-state index in [1.807, 2.05) is 0 Å². The summed E-state index contributed by atoms with van der Waals surface area (Å²) in [6.07, 6.45) is 2.50. The lowest BCUT2D eigenvalue weighted by Crippen LogP contribution is -2.46. The van der Waals surface area contributed by atoms with E-state index >= 15 is 0 Å². The Balaban J connectivity index is 3.98. The summed E-state index contributed by atoms with van der Waals surface area (Å²) in [5.41, 5.74) is -0.815. The first-order valence-electron chi connectivity index (χ1n) is 3.82. The Bertz CT molecular complexity index is 187. The lowest BCUT2D eigenvalue weighted by atomic mass is 10.1. The number of aliphatic hydroxyl groups excluding tert-OH is 2. The zero-order valence-corrected chi connectivity index (χ0v) is 7.78. The summed E-state index contributed by atoms with van der Waals surface area (Å²) < 4.78 is 4.34. The minimum absolute atomic E-state index is 0.227. The highest BCUT2D eigenvalue weighted by atomic mass is 16.5. The lowest BCUT2D eigenvalue weighted by Gasteiger charge is -2.24. The number of methoxy groups -OCH3 is 1. The van der Waals surface area contributed by atoms with Gasteiger partial charge in [-0.3, -0.25) is 0 Å². The molecule has 0 fully saturated rings. The number of ether oxygens (including phenoxy) is 1. The second kappa shape index (κ2) is 5.55. The normalized spacial score (nSPS) is 11.7. The fourth-order valence-electron chi connectivity index (χ4n) is 0.520. The molecule has 0 aromatic rings. The van der Waals surface area contributed by atoms with Crippen LogP contribution in [0.1, 0.15) is 6.92 Å². The Labute approximate surface area is 77.0 Å². The van der Waals surface area contributed by atoms with Gasteiger partial charge in [0.05, 0.1) is 25.9 Å². The van der Waals surface area contributed by atoms with E-state index in [1.165, 1.54) is 19.4 Å². The Morgan fingerprint density at radius 3 is 2.46 bits per heavy atom. The quantitative estimate of drug-likeness (QED) is 0.382. The van der Waals surface area contributed by atoms with Crippen molar-refractivity contribution < 1.29 is 19.7 Å². The molecule has 0 aliphatic carbocycles. The van der Waals surface area contributed by atoms with Crippen molar-refractivity contribution >= 4 is 5.97 Å². The van der Waals surface area contributed by atoms with Crippen molar-refractivity contribution in [1.29, 1.82) is 0 Å². The summed E-state index contributed by atoms with van der Waals surface area (Å²) in [5, 5.41) is 20.3. The molecule has 0 heterocycles. The molecule has 0 aliphatic rings. The van der Waals surface area contributed by atoms with Gasteiger partial charge in [0.25, 0.3) is 0 Å². The Morgan fingerprint density at radius 1 is 1.54 bits per heavy atom. The minimum Gasteiger partial charge on any atom is -0.466 e. The van der Waals surface area contributed by atoms with Gasteiger partial charge in [-0.2, -0.15) is 0 Å². The van der Waals surface area contributed by atoms with Crippen molar-refractivity contribution in [1.82, 2.24) is 5.32 Å². The van der Waals surface area contributed by atoms with Gasteiger partial charge in [0, 0.05) is 12.3 Å². The topological polar surface area (TPSA) is 78.8 Å². The molecule has 0 amide bonds. The molecule has 5 nitrogen and oxygen atoms in total. The van der Waals surface area contributed by atoms with Crippen LogP contribution in [0.3, 0.4) is 0 Å². The highest BCUT2D eigenvalue weighted by Gasteiger charge is 2.19. The van der Waals surface area contributed by atoms with Crippen LogP contribution in [-0.4, -0.2) is 42.0 Å². The predicted octanol–water partition coefficient (Wildman–Crippen LogP) is -0.994. The van der Waals surface area contributed by atoms with Crippen LogP contribution in [0.5, 0.6) is 0 Å². The molecule has 0 aliphatic heterocycles. The maximum atomic E-state index is 10.6. The summed E-state index contributed by atoms with van der Waals surface area (Å²) in [5.74, 6) is -0.495. The Kier molecular flexibility index (Phi) is 5.10. The van der Waals surface area contributed by atoms with Crippen LogP contribution >= 0.6 is 0 Å². The Hall–Kier alpha value is -1.07. The molecule has 0 aromatic heterocycles. The molecule has 0 saturated heterocycles. The van der Waals surface area contributed by atoms with Gasteiger partial charge in [-0.25, -0.2) is 4.79 Å². The molecule has 5 heteroatoms. The molecule has 0 spiro atoms. The highest BCUT2D eigenvalue weighted by Crippen LogP contribution is 1.99. The van der Waals surface area contributed by atoms with E-state index in [2.05, 4.69) is 10.1 Å². The number of carbonyl (C=O) groups excluding carboxylic acids is 1. The summed E-state index contributed by atoms with van der Waals surface area (Å²) >= 11 is 0.